The summed E-state index contributed by atoms with van der Waals surface area (Å²) in [6.07, 6.45) is 1.20. The first-order chi connectivity index (χ1) is 9.88. The van der Waals surface area contributed by atoms with E-state index in [4.69, 9.17) is 5.11 Å². The molecule has 0 saturated carbocycles. The third-order valence-corrected chi connectivity index (χ3v) is 3.42. The molecule has 8 heteroatoms. The number of pyridine rings is 1. The molecular formula is C13H11F3N2O2S. The van der Waals surface area contributed by atoms with Gasteiger partial charge in [-0.05, 0) is 11.8 Å². The number of hydrogen-bond donors (Lipinski definition) is 2. The number of rotatable bonds is 5. The van der Waals surface area contributed by atoms with Crippen LogP contribution in [0.25, 0.3) is 10.8 Å². The summed E-state index contributed by atoms with van der Waals surface area (Å²) in [5.74, 6) is -0.878. The van der Waals surface area contributed by atoms with Crippen LogP contribution in [0.1, 0.15) is 10.4 Å². The van der Waals surface area contributed by atoms with Crippen molar-refractivity contribution in [3.63, 3.8) is 0 Å². The number of halogens is 3. The molecule has 0 aliphatic carbocycles. The average molecular weight is 316 g/mol. The summed E-state index contributed by atoms with van der Waals surface area (Å²) in [6, 6.07) is 6.72. The van der Waals surface area contributed by atoms with Gasteiger partial charge in [0.25, 0.3) is 0 Å². The number of carbonyl (C=O) groups is 1. The molecule has 0 unspecified atom stereocenters. The Labute approximate surface area is 122 Å². The average Bonchev–Trinajstić information content (AvgIpc) is 2.42. The molecule has 2 aromatic rings. The maximum absolute atomic E-state index is 12.0. The van der Waals surface area contributed by atoms with E-state index in [0.717, 1.165) is 0 Å². The Hall–Kier alpha value is -1.96. The van der Waals surface area contributed by atoms with Crippen molar-refractivity contribution in [3.05, 3.63) is 36.0 Å². The number of fused-ring (bicyclic) bond motifs is 1. The van der Waals surface area contributed by atoms with Crippen LogP contribution in [0, 0.1) is 0 Å². The van der Waals surface area contributed by atoms with Crippen molar-refractivity contribution in [1.82, 2.24) is 4.98 Å². The van der Waals surface area contributed by atoms with Crippen LogP contribution in [0.15, 0.2) is 30.5 Å². The lowest BCUT2D eigenvalue weighted by atomic mass is 10.1. The first-order valence-electron chi connectivity index (χ1n) is 5.94. The molecule has 112 valence electrons. The van der Waals surface area contributed by atoms with Gasteiger partial charge in [-0.2, -0.15) is 13.2 Å². The predicted molar refractivity (Wildman–Crippen MR) is 75.7 cm³/mol. The van der Waals surface area contributed by atoms with E-state index in [9.17, 15) is 18.0 Å². The van der Waals surface area contributed by atoms with Crippen LogP contribution >= 0.6 is 11.8 Å². The molecule has 0 radical (unpaired) electrons. The summed E-state index contributed by atoms with van der Waals surface area (Å²) in [4.78, 5) is 15.1. The van der Waals surface area contributed by atoms with Crippen molar-refractivity contribution in [1.29, 1.82) is 0 Å². The van der Waals surface area contributed by atoms with Gasteiger partial charge in [0.2, 0.25) is 0 Å². The van der Waals surface area contributed by atoms with Crippen molar-refractivity contribution in [2.45, 2.75) is 5.51 Å². The number of nitrogens with one attached hydrogen (secondary N) is 1. The van der Waals surface area contributed by atoms with E-state index >= 15 is 0 Å². The minimum absolute atomic E-state index is 0.0563. The molecule has 0 aliphatic heterocycles. The lowest BCUT2D eigenvalue weighted by molar-refractivity contribution is -0.0327. The van der Waals surface area contributed by atoms with Gasteiger partial charge in [-0.1, -0.05) is 24.3 Å². The van der Waals surface area contributed by atoms with E-state index in [1.807, 2.05) is 0 Å². The van der Waals surface area contributed by atoms with Crippen LogP contribution in [0.4, 0.5) is 19.0 Å². The highest BCUT2D eigenvalue weighted by Crippen LogP contribution is 2.30. The molecule has 0 fully saturated rings. The lowest BCUT2D eigenvalue weighted by Gasteiger charge is -2.11. The molecule has 0 spiro atoms. The van der Waals surface area contributed by atoms with Crippen molar-refractivity contribution in [2.24, 2.45) is 0 Å². The summed E-state index contributed by atoms with van der Waals surface area (Å²) < 4.78 is 36.1. The van der Waals surface area contributed by atoms with Crippen LogP contribution < -0.4 is 5.32 Å². The molecule has 0 amide bonds. The highest BCUT2D eigenvalue weighted by atomic mass is 32.2. The Morgan fingerprint density at radius 1 is 1.29 bits per heavy atom. The highest BCUT2D eigenvalue weighted by Gasteiger charge is 2.27. The highest BCUT2D eigenvalue weighted by molar-refractivity contribution is 8.00. The second kappa shape index (κ2) is 6.21. The number of aromatic carboxylic acids is 1. The minimum atomic E-state index is -4.26. The maximum Gasteiger partial charge on any atom is 0.441 e. The number of aromatic nitrogens is 1. The number of anilines is 1. The first kappa shape index (κ1) is 15.4. The zero-order valence-electron chi connectivity index (χ0n) is 10.6. The molecule has 1 aromatic carbocycles. The predicted octanol–water partition coefficient (Wildman–Crippen LogP) is 3.60. The van der Waals surface area contributed by atoms with Gasteiger partial charge in [-0.25, -0.2) is 9.78 Å². The second-order valence-corrected chi connectivity index (χ2v) is 5.25. The van der Waals surface area contributed by atoms with E-state index in [2.05, 4.69) is 10.3 Å². The molecule has 0 saturated heterocycles. The SMILES string of the molecule is O=C(O)c1cnc(NCCSC(F)(F)F)c2ccccc12. The summed E-state index contributed by atoms with van der Waals surface area (Å²) in [7, 11) is 0. The van der Waals surface area contributed by atoms with E-state index in [1.54, 1.807) is 24.3 Å². The molecule has 0 atom stereocenters. The van der Waals surface area contributed by atoms with Crippen LogP contribution in [0.5, 0.6) is 0 Å². The smallest absolute Gasteiger partial charge is 0.441 e. The lowest BCUT2D eigenvalue weighted by Crippen LogP contribution is -2.11. The third kappa shape index (κ3) is 4.01. The maximum atomic E-state index is 12.0. The normalized spacial score (nSPS) is 11.6. The van der Waals surface area contributed by atoms with E-state index in [1.165, 1.54) is 6.20 Å². The monoisotopic (exact) mass is 316 g/mol. The number of carboxylic acids is 1. The molecular weight excluding hydrogens is 305 g/mol. The van der Waals surface area contributed by atoms with Gasteiger partial charge in [0.1, 0.15) is 5.82 Å². The molecule has 2 rings (SSSR count). The molecule has 0 aliphatic rings. The molecule has 1 aromatic heterocycles. The minimum Gasteiger partial charge on any atom is -0.478 e. The van der Waals surface area contributed by atoms with E-state index in [0.29, 0.717) is 16.6 Å². The summed E-state index contributed by atoms with van der Waals surface area (Å²) >= 11 is -0.118. The number of carboxylic acid groups (broad SMARTS) is 1. The number of hydrogen-bond acceptors (Lipinski definition) is 4. The molecule has 2 N–H and O–H groups in total. The fourth-order valence-corrected chi connectivity index (χ4v) is 2.28. The third-order valence-electron chi connectivity index (χ3n) is 2.69. The van der Waals surface area contributed by atoms with Gasteiger partial charge < -0.3 is 10.4 Å². The Balaban J connectivity index is 2.18. The zero-order valence-corrected chi connectivity index (χ0v) is 11.5. The standard InChI is InChI=1S/C13H11F3N2O2S/c14-13(15,16)21-6-5-17-11-9-4-2-1-3-8(9)10(7-18-11)12(19)20/h1-4,7H,5-6H2,(H,17,18)(H,19,20). The van der Waals surface area contributed by atoms with Gasteiger partial charge in [-0.15, -0.1) is 0 Å². The number of alkyl halides is 3. The van der Waals surface area contributed by atoms with Crippen LogP contribution in [-0.2, 0) is 0 Å². The largest absolute Gasteiger partial charge is 0.478 e. The molecule has 4 nitrogen and oxygen atoms in total. The quantitative estimate of drug-likeness (QED) is 0.825. The summed E-state index contributed by atoms with van der Waals surface area (Å²) in [5.41, 5.74) is -4.20. The molecule has 21 heavy (non-hydrogen) atoms. The van der Waals surface area contributed by atoms with Crippen LogP contribution in [0.3, 0.4) is 0 Å². The van der Waals surface area contributed by atoms with Gasteiger partial charge in [0, 0.05) is 29.3 Å². The van der Waals surface area contributed by atoms with E-state index < -0.39 is 11.5 Å². The van der Waals surface area contributed by atoms with Gasteiger partial charge in [0.05, 0.1) is 5.56 Å². The Morgan fingerprint density at radius 3 is 2.57 bits per heavy atom. The number of benzene rings is 1. The van der Waals surface area contributed by atoms with Crippen molar-refractivity contribution < 1.29 is 23.1 Å². The Kier molecular flexibility index (Phi) is 4.56. The van der Waals surface area contributed by atoms with Crippen LogP contribution in [-0.4, -0.2) is 33.9 Å². The van der Waals surface area contributed by atoms with Gasteiger partial charge in [-0.3, -0.25) is 0 Å². The molecule has 0 bridgehead atoms. The van der Waals surface area contributed by atoms with Gasteiger partial charge >= 0.3 is 11.5 Å². The van der Waals surface area contributed by atoms with Crippen molar-refractivity contribution >= 4 is 34.3 Å². The summed E-state index contributed by atoms with van der Waals surface area (Å²) in [6.45, 7) is 0.0770. The van der Waals surface area contributed by atoms with Crippen molar-refractivity contribution in [3.8, 4) is 0 Å². The second-order valence-electron chi connectivity index (χ2n) is 4.09. The van der Waals surface area contributed by atoms with Crippen LogP contribution in [0.2, 0.25) is 0 Å². The fraction of sp³-hybridized carbons (Fsp3) is 0.231. The first-order valence-corrected chi connectivity index (χ1v) is 6.92. The number of nitrogens with zero attached hydrogens (tertiary/aromatic N) is 1. The zero-order chi connectivity index (χ0) is 15.5. The van der Waals surface area contributed by atoms with Gasteiger partial charge in [0.15, 0.2) is 0 Å². The summed E-state index contributed by atoms with van der Waals surface area (Å²) in [5, 5.41) is 12.9. The van der Waals surface area contributed by atoms with Crippen molar-refractivity contribution in [2.75, 3.05) is 17.6 Å². The molecule has 1 heterocycles. The topological polar surface area (TPSA) is 62.2 Å². The van der Waals surface area contributed by atoms with E-state index in [-0.39, 0.29) is 29.6 Å². The number of thioether (sulfide) groups is 1. The Morgan fingerprint density at radius 2 is 1.95 bits per heavy atom. The Bertz CT molecular complexity index is 661. The fourth-order valence-electron chi connectivity index (χ4n) is 1.84.